The van der Waals surface area contributed by atoms with Crippen LogP contribution in [-0.4, -0.2) is 46.4 Å². The van der Waals surface area contributed by atoms with Gasteiger partial charge in [0.1, 0.15) is 11.3 Å². The minimum atomic E-state index is 0.0725. The van der Waals surface area contributed by atoms with Crippen LogP contribution in [0.4, 0.5) is 5.69 Å². The number of hydrogen-bond acceptors (Lipinski definition) is 3. The lowest BCUT2D eigenvalue weighted by Crippen LogP contribution is -2.49. The van der Waals surface area contributed by atoms with Crippen molar-refractivity contribution in [2.24, 2.45) is 0 Å². The summed E-state index contributed by atoms with van der Waals surface area (Å²) in [4.78, 5) is 21.9. The zero-order chi connectivity index (χ0) is 17.4. The molecule has 0 spiro atoms. The molecule has 0 saturated carbocycles. The predicted molar refractivity (Wildman–Crippen MR) is 99.2 cm³/mol. The molecule has 1 aliphatic heterocycles. The number of para-hydroxylation sites is 1. The highest BCUT2D eigenvalue weighted by atomic mass is 16.2. The molecule has 0 aliphatic carbocycles. The van der Waals surface area contributed by atoms with Crippen LogP contribution in [0.25, 0.3) is 5.65 Å². The first-order chi connectivity index (χ1) is 12.1. The highest BCUT2D eigenvalue weighted by Crippen LogP contribution is 2.19. The van der Waals surface area contributed by atoms with Crippen molar-refractivity contribution in [2.45, 2.75) is 13.8 Å². The van der Waals surface area contributed by atoms with Crippen LogP contribution in [0.5, 0.6) is 0 Å². The minimum absolute atomic E-state index is 0.0725. The van der Waals surface area contributed by atoms with Crippen LogP contribution in [0.15, 0.2) is 48.7 Å². The largest absolute Gasteiger partial charge is 0.368 e. The van der Waals surface area contributed by atoms with E-state index in [9.17, 15) is 4.79 Å². The Morgan fingerprint density at radius 3 is 2.40 bits per heavy atom. The summed E-state index contributed by atoms with van der Waals surface area (Å²) in [6.07, 6.45) is 1.99. The highest BCUT2D eigenvalue weighted by molar-refractivity contribution is 5.95. The van der Waals surface area contributed by atoms with Crippen LogP contribution < -0.4 is 4.90 Å². The molecular weight excluding hydrogens is 312 g/mol. The average molecular weight is 334 g/mol. The highest BCUT2D eigenvalue weighted by Gasteiger charge is 2.26. The lowest BCUT2D eigenvalue weighted by Gasteiger charge is -2.36. The van der Waals surface area contributed by atoms with Gasteiger partial charge in [0.05, 0.1) is 5.69 Å². The number of carbonyl (C=O) groups excluding carboxylic acids is 1. The van der Waals surface area contributed by atoms with Gasteiger partial charge >= 0.3 is 0 Å². The number of fused-ring (bicyclic) bond motifs is 1. The number of piperazine rings is 1. The van der Waals surface area contributed by atoms with Gasteiger partial charge in [0.15, 0.2) is 0 Å². The average Bonchev–Trinajstić information content (AvgIpc) is 2.97. The molecule has 0 N–H and O–H groups in total. The maximum absolute atomic E-state index is 13.1. The van der Waals surface area contributed by atoms with E-state index in [1.165, 1.54) is 5.69 Å². The van der Waals surface area contributed by atoms with Gasteiger partial charge in [-0.3, -0.25) is 9.20 Å². The normalized spacial score (nSPS) is 15.0. The molecule has 1 amide bonds. The Morgan fingerprint density at radius 2 is 1.68 bits per heavy atom. The predicted octanol–water partition coefficient (Wildman–Crippen LogP) is 2.91. The van der Waals surface area contributed by atoms with Crippen molar-refractivity contribution < 1.29 is 4.79 Å². The van der Waals surface area contributed by atoms with Gasteiger partial charge in [0, 0.05) is 38.1 Å². The molecule has 4 rings (SSSR count). The van der Waals surface area contributed by atoms with Gasteiger partial charge in [-0.05, 0) is 37.6 Å². The van der Waals surface area contributed by atoms with Crippen LogP contribution in [-0.2, 0) is 0 Å². The molecule has 1 saturated heterocycles. The van der Waals surface area contributed by atoms with Gasteiger partial charge in [-0.1, -0.05) is 24.3 Å². The lowest BCUT2D eigenvalue weighted by molar-refractivity contribution is 0.0739. The summed E-state index contributed by atoms with van der Waals surface area (Å²) in [7, 11) is 0. The number of aryl methyl sites for hydroxylation is 2. The Morgan fingerprint density at radius 1 is 0.960 bits per heavy atom. The first-order valence-electron chi connectivity index (χ1n) is 8.68. The lowest BCUT2D eigenvalue weighted by atomic mass is 10.2. The molecule has 1 aliphatic rings. The first-order valence-corrected chi connectivity index (χ1v) is 8.68. The van der Waals surface area contributed by atoms with E-state index in [0.717, 1.165) is 43.1 Å². The molecule has 1 fully saturated rings. The van der Waals surface area contributed by atoms with Gasteiger partial charge in [-0.15, -0.1) is 0 Å². The summed E-state index contributed by atoms with van der Waals surface area (Å²) in [6, 6.07) is 14.4. The Kier molecular flexibility index (Phi) is 3.92. The fraction of sp³-hybridized carbons (Fsp3) is 0.300. The minimum Gasteiger partial charge on any atom is -0.368 e. The standard InChI is InChI=1S/C20H22N4O/c1-15-8-9-18-21-16(2)19(24(18)14-15)20(25)23-12-10-22(11-13-23)17-6-4-3-5-7-17/h3-9,14H,10-13H2,1-2H3. The third kappa shape index (κ3) is 2.86. The van der Waals surface area contributed by atoms with Gasteiger partial charge < -0.3 is 9.80 Å². The zero-order valence-electron chi connectivity index (χ0n) is 14.6. The van der Waals surface area contributed by atoms with Crippen molar-refractivity contribution in [1.82, 2.24) is 14.3 Å². The zero-order valence-corrected chi connectivity index (χ0v) is 14.6. The van der Waals surface area contributed by atoms with Crippen LogP contribution >= 0.6 is 0 Å². The van der Waals surface area contributed by atoms with Gasteiger partial charge in [0.25, 0.3) is 5.91 Å². The molecule has 0 bridgehead atoms. The second-order valence-corrected chi connectivity index (χ2v) is 6.60. The summed E-state index contributed by atoms with van der Waals surface area (Å²) < 4.78 is 1.93. The van der Waals surface area contributed by atoms with Crippen molar-refractivity contribution in [3.8, 4) is 0 Å². The number of carbonyl (C=O) groups is 1. The summed E-state index contributed by atoms with van der Waals surface area (Å²) >= 11 is 0. The van der Waals surface area contributed by atoms with Gasteiger partial charge in [-0.25, -0.2) is 4.98 Å². The quantitative estimate of drug-likeness (QED) is 0.723. The summed E-state index contributed by atoms with van der Waals surface area (Å²) in [5.41, 5.74) is 4.64. The fourth-order valence-electron chi connectivity index (χ4n) is 3.48. The third-order valence-corrected chi connectivity index (χ3v) is 4.83. The van der Waals surface area contributed by atoms with Gasteiger partial charge in [0.2, 0.25) is 0 Å². The first kappa shape index (κ1) is 15.7. The molecule has 0 unspecified atom stereocenters. The fourth-order valence-corrected chi connectivity index (χ4v) is 3.48. The van der Waals surface area contributed by atoms with E-state index in [1.807, 2.05) is 47.5 Å². The maximum atomic E-state index is 13.1. The number of nitrogens with zero attached hydrogens (tertiary/aromatic N) is 4. The topological polar surface area (TPSA) is 40.9 Å². The van der Waals surface area contributed by atoms with E-state index in [1.54, 1.807) is 0 Å². The van der Waals surface area contributed by atoms with E-state index >= 15 is 0 Å². The van der Waals surface area contributed by atoms with E-state index in [0.29, 0.717) is 5.69 Å². The van der Waals surface area contributed by atoms with E-state index in [-0.39, 0.29) is 5.91 Å². The van der Waals surface area contributed by atoms with Crippen LogP contribution in [0, 0.1) is 13.8 Å². The van der Waals surface area contributed by atoms with E-state index in [4.69, 9.17) is 0 Å². The van der Waals surface area contributed by atoms with Crippen molar-refractivity contribution in [3.05, 3.63) is 65.6 Å². The summed E-state index contributed by atoms with van der Waals surface area (Å²) in [5, 5.41) is 0. The molecule has 2 aromatic heterocycles. The SMILES string of the molecule is Cc1ccc2nc(C)c(C(=O)N3CCN(c4ccccc4)CC3)n2c1. The second-order valence-electron chi connectivity index (χ2n) is 6.60. The molecule has 1 aromatic carbocycles. The number of benzene rings is 1. The number of imidazole rings is 1. The number of aromatic nitrogens is 2. The van der Waals surface area contributed by atoms with Crippen molar-refractivity contribution in [1.29, 1.82) is 0 Å². The Hall–Kier alpha value is -2.82. The smallest absolute Gasteiger partial charge is 0.272 e. The molecule has 3 aromatic rings. The number of pyridine rings is 1. The molecule has 0 radical (unpaired) electrons. The van der Waals surface area contributed by atoms with Crippen molar-refractivity contribution in [3.63, 3.8) is 0 Å². The molecular formula is C20H22N4O. The third-order valence-electron chi connectivity index (χ3n) is 4.83. The molecule has 3 heterocycles. The number of hydrogen-bond donors (Lipinski definition) is 0. The molecule has 25 heavy (non-hydrogen) atoms. The summed E-state index contributed by atoms with van der Waals surface area (Å²) in [5.74, 6) is 0.0725. The Balaban J connectivity index is 1.55. The van der Waals surface area contributed by atoms with Crippen LogP contribution in [0.2, 0.25) is 0 Å². The van der Waals surface area contributed by atoms with Gasteiger partial charge in [-0.2, -0.15) is 0 Å². The molecule has 0 atom stereocenters. The Bertz CT molecular complexity index is 908. The van der Waals surface area contributed by atoms with Crippen LogP contribution in [0.3, 0.4) is 0 Å². The van der Waals surface area contributed by atoms with Crippen molar-refractivity contribution in [2.75, 3.05) is 31.1 Å². The summed E-state index contributed by atoms with van der Waals surface area (Å²) in [6.45, 7) is 7.10. The number of anilines is 1. The van der Waals surface area contributed by atoms with Crippen molar-refractivity contribution >= 4 is 17.2 Å². The van der Waals surface area contributed by atoms with E-state index < -0.39 is 0 Å². The number of rotatable bonds is 2. The monoisotopic (exact) mass is 334 g/mol. The maximum Gasteiger partial charge on any atom is 0.272 e. The molecule has 5 heteroatoms. The molecule has 128 valence electrons. The Labute approximate surface area is 147 Å². The number of amides is 1. The van der Waals surface area contributed by atoms with E-state index in [2.05, 4.69) is 34.1 Å². The molecule has 5 nitrogen and oxygen atoms in total. The van der Waals surface area contributed by atoms with Crippen LogP contribution in [0.1, 0.15) is 21.7 Å². The second kappa shape index (κ2) is 6.24.